The average molecular weight is 284 g/mol. The summed E-state index contributed by atoms with van der Waals surface area (Å²) >= 11 is 9.33. The predicted octanol–water partition coefficient (Wildman–Crippen LogP) is 3.69. The molecule has 0 aromatic carbocycles. The molecule has 15 heavy (non-hydrogen) atoms. The fraction of sp³-hybridized carbons (Fsp3) is 0.0909. The van der Waals surface area contributed by atoms with Crippen molar-refractivity contribution in [3.05, 3.63) is 47.4 Å². The molecule has 0 fully saturated rings. The lowest BCUT2D eigenvalue weighted by molar-refractivity contribution is 1.18. The van der Waals surface area contributed by atoms with E-state index < -0.39 is 0 Å². The monoisotopic (exact) mass is 282 g/mol. The van der Waals surface area contributed by atoms with E-state index in [9.17, 15) is 0 Å². The van der Waals surface area contributed by atoms with E-state index in [1.165, 1.54) is 0 Å². The fourth-order valence-electron chi connectivity index (χ4n) is 1.26. The van der Waals surface area contributed by atoms with E-state index in [2.05, 4.69) is 25.9 Å². The van der Waals surface area contributed by atoms with Crippen molar-refractivity contribution in [1.29, 1.82) is 0 Å². The zero-order valence-electron chi connectivity index (χ0n) is 7.82. The largest absolute Gasteiger partial charge is 0.265 e. The highest BCUT2D eigenvalue weighted by Gasteiger charge is 2.04. The van der Waals surface area contributed by atoms with Gasteiger partial charge in [-0.2, -0.15) is 0 Å². The van der Waals surface area contributed by atoms with Gasteiger partial charge in [-0.15, -0.1) is 0 Å². The second-order valence-corrected chi connectivity index (χ2v) is 3.96. The number of alkyl halides is 1. The van der Waals surface area contributed by atoms with Crippen LogP contribution < -0.4 is 0 Å². The molecule has 0 saturated heterocycles. The zero-order chi connectivity index (χ0) is 10.7. The highest BCUT2D eigenvalue weighted by Crippen LogP contribution is 2.22. The van der Waals surface area contributed by atoms with Gasteiger partial charge in [-0.1, -0.05) is 27.5 Å². The molecule has 0 radical (unpaired) electrons. The van der Waals surface area contributed by atoms with Crippen LogP contribution in [-0.4, -0.2) is 9.97 Å². The first-order chi connectivity index (χ1) is 7.31. The van der Waals surface area contributed by atoms with Crippen LogP contribution in [0.3, 0.4) is 0 Å². The molecule has 2 nitrogen and oxygen atoms in total. The van der Waals surface area contributed by atoms with Gasteiger partial charge in [-0.3, -0.25) is 9.97 Å². The zero-order valence-corrected chi connectivity index (χ0v) is 10.2. The smallest absolute Gasteiger partial charge is 0.0707 e. The molecular formula is C11H8BrClN2. The van der Waals surface area contributed by atoms with Gasteiger partial charge in [0.15, 0.2) is 0 Å². The van der Waals surface area contributed by atoms with Gasteiger partial charge < -0.3 is 0 Å². The van der Waals surface area contributed by atoms with Gasteiger partial charge in [-0.05, 0) is 24.3 Å². The van der Waals surface area contributed by atoms with Crippen LogP contribution in [0.15, 0.2) is 36.7 Å². The Hall–Kier alpha value is -0.930. The van der Waals surface area contributed by atoms with Crippen LogP contribution in [-0.2, 0) is 5.33 Å². The van der Waals surface area contributed by atoms with Gasteiger partial charge in [-0.25, -0.2) is 0 Å². The van der Waals surface area contributed by atoms with Crippen molar-refractivity contribution in [1.82, 2.24) is 9.97 Å². The van der Waals surface area contributed by atoms with Crippen LogP contribution in [0.25, 0.3) is 11.3 Å². The molecular weight excluding hydrogens is 275 g/mol. The van der Waals surface area contributed by atoms with E-state index in [0.29, 0.717) is 10.4 Å². The van der Waals surface area contributed by atoms with Gasteiger partial charge in [0.1, 0.15) is 0 Å². The van der Waals surface area contributed by atoms with Gasteiger partial charge in [0, 0.05) is 23.3 Å². The Labute approximate surface area is 101 Å². The molecule has 0 bridgehead atoms. The molecule has 0 aliphatic heterocycles. The standard InChI is InChI=1S/C11H8BrClN2/c12-7-11-9(13)1-2-10(15-11)8-3-5-14-6-4-8/h1-6H,7H2. The molecule has 76 valence electrons. The highest BCUT2D eigenvalue weighted by molar-refractivity contribution is 9.08. The lowest BCUT2D eigenvalue weighted by Crippen LogP contribution is -1.90. The maximum absolute atomic E-state index is 5.98. The van der Waals surface area contributed by atoms with Crippen LogP contribution >= 0.6 is 27.5 Å². The second kappa shape index (κ2) is 4.73. The number of hydrogen-bond donors (Lipinski definition) is 0. The molecule has 0 N–H and O–H groups in total. The lowest BCUT2D eigenvalue weighted by atomic mass is 10.2. The lowest BCUT2D eigenvalue weighted by Gasteiger charge is -2.04. The van der Waals surface area contributed by atoms with Crippen molar-refractivity contribution in [2.24, 2.45) is 0 Å². The molecule has 0 amide bonds. The van der Waals surface area contributed by atoms with E-state index in [4.69, 9.17) is 11.6 Å². The van der Waals surface area contributed by atoms with Crippen LogP contribution in [0.4, 0.5) is 0 Å². The second-order valence-electron chi connectivity index (χ2n) is 2.99. The minimum Gasteiger partial charge on any atom is -0.265 e. The van der Waals surface area contributed by atoms with Crippen molar-refractivity contribution in [3.63, 3.8) is 0 Å². The Morgan fingerprint density at radius 2 is 1.87 bits per heavy atom. The van der Waals surface area contributed by atoms with Gasteiger partial charge >= 0.3 is 0 Å². The Morgan fingerprint density at radius 1 is 1.13 bits per heavy atom. The Bertz CT molecular complexity index is 459. The van der Waals surface area contributed by atoms with Crippen LogP contribution in [0.1, 0.15) is 5.69 Å². The quantitative estimate of drug-likeness (QED) is 0.786. The third-order valence-corrected chi connectivity index (χ3v) is 2.90. The first-order valence-electron chi connectivity index (χ1n) is 4.43. The summed E-state index contributed by atoms with van der Waals surface area (Å²) in [6.45, 7) is 0. The normalized spacial score (nSPS) is 10.3. The van der Waals surface area contributed by atoms with Gasteiger partial charge in [0.05, 0.1) is 16.4 Å². The predicted molar refractivity (Wildman–Crippen MR) is 65.1 cm³/mol. The highest BCUT2D eigenvalue weighted by atomic mass is 79.9. The number of rotatable bonds is 2. The number of pyridine rings is 2. The third kappa shape index (κ3) is 2.36. The third-order valence-electron chi connectivity index (χ3n) is 2.02. The number of halogens is 2. The number of hydrogen-bond acceptors (Lipinski definition) is 2. The summed E-state index contributed by atoms with van der Waals surface area (Å²) in [5.41, 5.74) is 2.81. The first kappa shape index (κ1) is 10.6. The molecule has 0 aliphatic carbocycles. The van der Waals surface area contributed by atoms with Crippen LogP contribution in [0, 0.1) is 0 Å². The van der Waals surface area contributed by atoms with E-state index in [1.54, 1.807) is 12.4 Å². The Kier molecular flexibility index (Phi) is 3.34. The maximum atomic E-state index is 5.98. The van der Waals surface area contributed by atoms with Gasteiger partial charge in [0.2, 0.25) is 0 Å². The summed E-state index contributed by atoms with van der Waals surface area (Å²) in [7, 11) is 0. The van der Waals surface area contributed by atoms with Crippen molar-refractivity contribution in [2.75, 3.05) is 0 Å². The molecule has 2 rings (SSSR count). The Morgan fingerprint density at radius 3 is 2.53 bits per heavy atom. The van der Waals surface area contributed by atoms with Crippen molar-refractivity contribution in [2.45, 2.75) is 5.33 Å². The van der Waals surface area contributed by atoms with Crippen molar-refractivity contribution >= 4 is 27.5 Å². The molecule has 2 aromatic rings. The SMILES string of the molecule is Clc1ccc(-c2ccncc2)nc1CBr. The van der Waals surface area contributed by atoms with E-state index in [1.807, 2.05) is 24.3 Å². The molecule has 2 aromatic heterocycles. The number of aromatic nitrogens is 2. The molecule has 0 atom stereocenters. The molecule has 2 heterocycles. The van der Waals surface area contributed by atoms with E-state index in [-0.39, 0.29) is 0 Å². The summed E-state index contributed by atoms with van der Waals surface area (Å²) in [5, 5.41) is 1.34. The summed E-state index contributed by atoms with van der Waals surface area (Å²) in [6.07, 6.45) is 3.50. The molecule has 4 heteroatoms. The minimum absolute atomic E-state index is 0.657. The summed E-state index contributed by atoms with van der Waals surface area (Å²) in [4.78, 5) is 8.42. The summed E-state index contributed by atoms with van der Waals surface area (Å²) in [5.74, 6) is 0. The van der Waals surface area contributed by atoms with E-state index >= 15 is 0 Å². The van der Waals surface area contributed by atoms with Crippen molar-refractivity contribution in [3.8, 4) is 11.3 Å². The maximum Gasteiger partial charge on any atom is 0.0707 e. The summed E-state index contributed by atoms with van der Waals surface area (Å²) in [6, 6.07) is 7.62. The topological polar surface area (TPSA) is 25.8 Å². The minimum atomic E-state index is 0.657. The molecule has 0 spiro atoms. The van der Waals surface area contributed by atoms with Crippen LogP contribution in [0.5, 0.6) is 0 Å². The fourth-order valence-corrected chi connectivity index (χ4v) is 2.02. The summed E-state index contributed by atoms with van der Waals surface area (Å²) < 4.78 is 0. The van der Waals surface area contributed by atoms with Crippen LogP contribution in [0.2, 0.25) is 5.02 Å². The van der Waals surface area contributed by atoms with Crippen molar-refractivity contribution < 1.29 is 0 Å². The Balaban J connectivity index is 2.46. The van der Waals surface area contributed by atoms with E-state index in [0.717, 1.165) is 17.0 Å². The van der Waals surface area contributed by atoms with Gasteiger partial charge in [0.25, 0.3) is 0 Å². The molecule has 0 unspecified atom stereocenters. The molecule has 0 aliphatic rings. The first-order valence-corrected chi connectivity index (χ1v) is 5.93. The number of nitrogens with zero attached hydrogens (tertiary/aromatic N) is 2. The average Bonchev–Trinajstić information content (AvgIpc) is 2.31. The molecule has 0 saturated carbocycles.